The van der Waals surface area contributed by atoms with Crippen molar-refractivity contribution in [3.63, 3.8) is 0 Å². The molecular weight excluding hydrogens is 262 g/mol. The van der Waals surface area contributed by atoms with Crippen LogP contribution in [0.15, 0.2) is 12.1 Å². The molecule has 0 amide bonds. The summed E-state index contributed by atoms with van der Waals surface area (Å²) in [4.78, 5) is 6.81. The number of nitrogens with zero attached hydrogens (tertiary/aromatic N) is 2. The second-order valence-electron chi connectivity index (χ2n) is 5.13. The Balaban J connectivity index is 1.92. The number of hydrogen-bond donors (Lipinski definition) is 1. The van der Waals surface area contributed by atoms with Gasteiger partial charge in [0.2, 0.25) is 0 Å². The highest BCUT2D eigenvalue weighted by molar-refractivity contribution is 6.31. The molecule has 0 saturated carbocycles. The van der Waals surface area contributed by atoms with Crippen molar-refractivity contribution >= 4 is 17.4 Å². The summed E-state index contributed by atoms with van der Waals surface area (Å²) >= 11 is 6.20. The molecule has 106 valence electrons. The van der Waals surface area contributed by atoms with Gasteiger partial charge in [0.15, 0.2) is 0 Å². The Morgan fingerprint density at radius 2 is 2.16 bits per heavy atom. The third kappa shape index (κ3) is 4.34. The lowest BCUT2D eigenvalue weighted by molar-refractivity contribution is 0.0548. The second kappa shape index (κ2) is 7.08. The molecule has 5 heteroatoms. The van der Waals surface area contributed by atoms with Crippen molar-refractivity contribution in [3.8, 4) is 0 Å². The molecule has 1 aliphatic heterocycles. The zero-order valence-electron chi connectivity index (χ0n) is 11.7. The molecule has 1 N–H and O–H groups in total. The maximum atomic E-state index is 6.20. The summed E-state index contributed by atoms with van der Waals surface area (Å²) in [6.07, 6.45) is 2.31. The molecule has 0 spiro atoms. The molecule has 0 radical (unpaired) electrons. The highest BCUT2D eigenvalue weighted by atomic mass is 35.5. The van der Waals surface area contributed by atoms with Gasteiger partial charge in [-0.2, -0.15) is 0 Å². The second-order valence-corrected chi connectivity index (χ2v) is 5.53. The normalized spacial score (nSPS) is 16.8. The molecule has 1 saturated heterocycles. The average Bonchev–Trinajstić information content (AvgIpc) is 2.42. The maximum Gasteiger partial charge on any atom is 0.126 e. The molecule has 0 unspecified atom stereocenters. The number of ether oxygens (including phenoxy) is 1. The molecule has 4 nitrogen and oxygen atoms in total. The summed E-state index contributed by atoms with van der Waals surface area (Å²) in [5.41, 5.74) is 0.933. The van der Waals surface area contributed by atoms with Crippen LogP contribution in [0.1, 0.15) is 18.5 Å². The van der Waals surface area contributed by atoms with Gasteiger partial charge in [-0.15, -0.1) is 0 Å². The van der Waals surface area contributed by atoms with Gasteiger partial charge in [0, 0.05) is 33.4 Å². The van der Waals surface area contributed by atoms with Crippen molar-refractivity contribution < 1.29 is 4.74 Å². The number of nitrogens with one attached hydrogen (secondary N) is 1. The number of rotatable bonds is 5. The lowest BCUT2D eigenvalue weighted by Gasteiger charge is -2.27. The molecule has 0 bridgehead atoms. The monoisotopic (exact) mass is 283 g/mol. The fourth-order valence-corrected chi connectivity index (χ4v) is 2.59. The minimum absolute atomic E-state index is 0.727. The summed E-state index contributed by atoms with van der Waals surface area (Å²) in [6, 6.07) is 3.79. The quantitative estimate of drug-likeness (QED) is 0.901. The summed E-state index contributed by atoms with van der Waals surface area (Å²) < 4.78 is 5.39. The van der Waals surface area contributed by atoms with E-state index in [1.807, 2.05) is 19.2 Å². The fourth-order valence-electron chi connectivity index (χ4n) is 2.42. The lowest BCUT2D eigenvalue weighted by atomic mass is 10.00. The van der Waals surface area contributed by atoms with E-state index >= 15 is 0 Å². The van der Waals surface area contributed by atoms with Crippen LogP contribution in [-0.4, -0.2) is 43.7 Å². The van der Waals surface area contributed by atoms with Crippen LogP contribution in [0.2, 0.25) is 5.02 Å². The highest BCUT2D eigenvalue weighted by Gasteiger charge is 2.16. The third-order valence-electron chi connectivity index (χ3n) is 3.51. The van der Waals surface area contributed by atoms with Crippen molar-refractivity contribution in [2.75, 3.05) is 39.2 Å². The number of aromatic nitrogens is 1. The first-order valence-corrected chi connectivity index (χ1v) is 7.16. The van der Waals surface area contributed by atoms with Gasteiger partial charge in [0.25, 0.3) is 0 Å². The molecule has 1 fully saturated rings. The molecule has 1 aliphatic rings. The zero-order chi connectivity index (χ0) is 13.7. The van der Waals surface area contributed by atoms with Crippen molar-refractivity contribution in [1.82, 2.24) is 9.88 Å². The van der Waals surface area contributed by atoms with E-state index in [0.29, 0.717) is 0 Å². The summed E-state index contributed by atoms with van der Waals surface area (Å²) in [6.45, 7) is 3.65. The highest BCUT2D eigenvalue weighted by Crippen LogP contribution is 2.20. The molecule has 2 heterocycles. The van der Waals surface area contributed by atoms with Gasteiger partial charge in [0.05, 0.1) is 10.7 Å². The largest absolute Gasteiger partial charge is 0.381 e. The first-order chi connectivity index (χ1) is 9.19. The number of hydrogen-bond acceptors (Lipinski definition) is 4. The Hall–Kier alpha value is -0.840. The van der Waals surface area contributed by atoms with E-state index in [4.69, 9.17) is 16.3 Å². The Morgan fingerprint density at radius 1 is 1.42 bits per heavy atom. The smallest absolute Gasteiger partial charge is 0.126 e. The van der Waals surface area contributed by atoms with Crippen molar-refractivity contribution in [1.29, 1.82) is 0 Å². The SMILES string of the molecule is CNc1ccc(Cl)c(CN(C)CC2CCOCC2)n1. The Kier molecular flexibility index (Phi) is 5.43. The van der Waals surface area contributed by atoms with Gasteiger partial charge >= 0.3 is 0 Å². The number of anilines is 1. The van der Waals surface area contributed by atoms with Crippen molar-refractivity contribution in [2.45, 2.75) is 19.4 Å². The average molecular weight is 284 g/mol. The Bertz CT molecular complexity index is 408. The summed E-state index contributed by atoms with van der Waals surface area (Å²) in [5.74, 6) is 1.59. The fraction of sp³-hybridized carbons (Fsp3) is 0.643. The van der Waals surface area contributed by atoms with Crippen LogP contribution in [0.4, 0.5) is 5.82 Å². The van der Waals surface area contributed by atoms with Gasteiger partial charge in [-0.05, 0) is 37.9 Å². The van der Waals surface area contributed by atoms with E-state index in [0.717, 1.165) is 61.6 Å². The van der Waals surface area contributed by atoms with E-state index in [1.165, 1.54) is 0 Å². The van der Waals surface area contributed by atoms with Gasteiger partial charge in [-0.25, -0.2) is 4.98 Å². The molecule has 2 rings (SSSR count). The van der Waals surface area contributed by atoms with E-state index in [9.17, 15) is 0 Å². The van der Waals surface area contributed by atoms with Crippen LogP contribution in [0.3, 0.4) is 0 Å². The maximum absolute atomic E-state index is 6.20. The zero-order valence-corrected chi connectivity index (χ0v) is 12.4. The summed E-state index contributed by atoms with van der Waals surface area (Å²) in [5, 5.41) is 3.78. The van der Waals surface area contributed by atoms with E-state index in [-0.39, 0.29) is 0 Å². The van der Waals surface area contributed by atoms with Crippen LogP contribution in [0.25, 0.3) is 0 Å². The number of pyridine rings is 1. The van der Waals surface area contributed by atoms with E-state index < -0.39 is 0 Å². The minimum atomic E-state index is 0.727. The first kappa shape index (κ1) is 14.6. The Morgan fingerprint density at radius 3 is 2.84 bits per heavy atom. The van der Waals surface area contributed by atoms with E-state index in [1.54, 1.807) is 0 Å². The molecule has 19 heavy (non-hydrogen) atoms. The van der Waals surface area contributed by atoms with Gasteiger partial charge in [0.1, 0.15) is 5.82 Å². The van der Waals surface area contributed by atoms with Gasteiger partial charge < -0.3 is 15.0 Å². The number of halogens is 1. The third-order valence-corrected chi connectivity index (χ3v) is 3.85. The predicted molar refractivity (Wildman–Crippen MR) is 78.7 cm³/mol. The molecule has 0 aromatic carbocycles. The summed E-state index contributed by atoms with van der Waals surface area (Å²) in [7, 11) is 3.99. The topological polar surface area (TPSA) is 37.4 Å². The first-order valence-electron chi connectivity index (χ1n) is 6.78. The standard InChI is InChI=1S/C14H22ClN3O/c1-16-14-4-3-12(15)13(17-14)10-18(2)9-11-5-7-19-8-6-11/h3-4,11H,5-10H2,1-2H3,(H,16,17). The molecule has 1 aromatic heterocycles. The lowest BCUT2D eigenvalue weighted by Crippen LogP contribution is -2.29. The Labute approximate surface area is 120 Å². The molecule has 0 atom stereocenters. The van der Waals surface area contributed by atoms with Crippen molar-refractivity contribution in [3.05, 3.63) is 22.8 Å². The minimum Gasteiger partial charge on any atom is -0.381 e. The van der Waals surface area contributed by atoms with Crippen molar-refractivity contribution in [2.24, 2.45) is 5.92 Å². The van der Waals surface area contributed by atoms with Crippen LogP contribution < -0.4 is 5.32 Å². The molecule has 0 aliphatic carbocycles. The van der Waals surface area contributed by atoms with Crippen LogP contribution >= 0.6 is 11.6 Å². The van der Waals surface area contributed by atoms with Crippen LogP contribution in [0, 0.1) is 5.92 Å². The predicted octanol–water partition coefficient (Wildman–Crippen LogP) is 2.64. The van der Waals surface area contributed by atoms with Gasteiger partial charge in [-0.3, -0.25) is 0 Å². The van der Waals surface area contributed by atoms with E-state index in [2.05, 4.69) is 22.2 Å². The molecular formula is C14H22ClN3O. The van der Waals surface area contributed by atoms with Gasteiger partial charge in [-0.1, -0.05) is 11.6 Å². The van der Waals surface area contributed by atoms with Crippen LogP contribution in [-0.2, 0) is 11.3 Å². The molecule has 1 aromatic rings. The van der Waals surface area contributed by atoms with Crippen LogP contribution in [0.5, 0.6) is 0 Å².